The number of benzene rings is 8. The minimum absolute atomic E-state index is 0.679. The molecule has 0 spiro atoms. The van der Waals surface area contributed by atoms with Gasteiger partial charge < -0.3 is 4.42 Å². The molecule has 0 radical (unpaired) electrons. The SMILES string of the molecule is c1ccc(-c2cc(-c3cc(-c4ccc5ccccc5c4)cc(-c4cccc5c4oc4ccccc45)c3)nc(-c3ccccc3-c3ccccc3)n2)cc1. The fraction of sp³-hybridized carbons (Fsp3) is 0. The lowest BCUT2D eigenvalue weighted by Crippen LogP contribution is -1.98. The molecule has 0 fully saturated rings. The van der Waals surface area contributed by atoms with Gasteiger partial charge in [0.2, 0.25) is 0 Å². The average molecular weight is 677 g/mol. The number of furan rings is 1. The van der Waals surface area contributed by atoms with Crippen molar-refractivity contribution in [1.29, 1.82) is 0 Å². The molecule has 2 heterocycles. The van der Waals surface area contributed by atoms with Gasteiger partial charge >= 0.3 is 0 Å². The number of hydrogen-bond acceptors (Lipinski definition) is 3. The Balaban J connectivity index is 1.23. The molecular formula is C50H32N2O. The van der Waals surface area contributed by atoms with Crippen molar-refractivity contribution in [2.24, 2.45) is 0 Å². The number of nitrogens with zero attached hydrogens (tertiary/aromatic N) is 2. The Hall–Kier alpha value is -7.10. The van der Waals surface area contributed by atoms with Gasteiger partial charge in [0.15, 0.2) is 5.82 Å². The van der Waals surface area contributed by atoms with Crippen molar-refractivity contribution in [2.75, 3.05) is 0 Å². The molecule has 0 aliphatic heterocycles. The Morgan fingerprint density at radius 1 is 0.321 bits per heavy atom. The lowest BCUT2D eigenvalue weighted by Gasteiger charge is -2.15. The van der Waals surface area contributed by atoms with Gasteiger partial charge in [-0.1, -0.05) is 158 Å². The summed E-state index contributed by atoms with van der Waals surface area (Å²) in [6, 6.07) is 68.0. The van der Waals surface area contributed by atoms with Crippen molar-refractivity contribution in [2.45, 2.75) is 0 Å². The number of hydrogen-bond donors (Lipinski definition) is 0. The van der Waals surface area contributed by atoms with Crippen molar-refractivity contribution in [3.05, 3.63) is 194 Å². The highest BCUT2D eigenvalue weighted by Crippen LogP contribution is 2.40. The molecule has 0 amide bonds. The van der Waals surface area contributed by atoms with Crippen LogP contribution in [-0.4, -0.2) is 9.97 Å². The molecule has 0 aliphatic carbocycles. The van der Waals surface area contributed by atoms with E-state index in [1.165, 1.54) is 10.8 Å². The quantitative estimate of drug-likeness (QED) is 0.176. The van der Waals surface area contributed by atoms with Gasteiger partial charge in [-0.05, 0) is 75.0 Å². The van der Waals surface area contributed by atoms with Gasteiger partial charge in [0.05, 0.1) is 11.4 Å². The minimum Gasteiger partial charge on any atom is -0.455 e. The minimum atomic E-state index is 0.679. The van der Waals surface area contributed by atoms with Crippen LogP contribution >= 0.6 is 0 Å². The maximum absolute atomic E-state index is 6.57. The largest absolute Gasteiger partial charge is 0.455 e. The molecule has 0 atom stereocenters. The predicted octanol–water partition coefficient (Wildman–Crippen LogP) is 13.5. The molecule has 248 valence electrons. The summed E-state index contributed by atoms with van der Waals surface area (Å²) in [5.74, 6) is 0.679. The first-order chi connectivity index (χ1) is 26.2. The van der Waals surface area contributed by atoms with E-state index in [-0.39, 0.29) is 0 Å². The molecule has 0 N–H and O–H groups in total. The van der Waals surface area contributed by atoms with E-state index in [0.717, 1.165) is 83.4 Å². The predicted molar refractivity (Wildman–Crippen MR) is 219 cm³/mol. The highest BCUT2D eigenvalue weighted by atomic mass is 16.3. The van der Waals surface area contributed by atoms with Crippen molar-refractivity contribution in [1.82, 2.24) is 9.97 Å². The number of aromatic nitrogens is 2. The normalized spacial score (nSPS) is 11.4. The topological polar surface area (TPSA) is 38.9 Å². The van der Waals surface area contributed by atoms with Gasteiger partial charge in [-0.15, -0.1) is 0 Å². The smallest absolute Gasteiger partial charge is 0.161 e. The number of para-hydroxylation sites is 2. The Morgan fingerprint density at radius 2 is 0.925 bits per heavy atom. The first-order valence-corrected chi connectivity index (χ1v) is 17.9. The zero-order valence-corrected chi connectivity index (χ0v) is 28.8. The molecule has 2 aromatic heterocycles. The third kappa shape index (κ3) is 5.65. The average Bonchev–Trinajstić information content (AvgIpc) is 3.63. The maximum atomic E-state index is 6.57. The molecule has 0 saturated heterocycles. The van der Waals surface area contributed by atoms with E-state index in [1.807, 2.05) is 24.3 Å². The first kappa shape index (κ1) is 30.7. The maximum Gasteiger partial charge on any atom is 0.161 e. The molecule has 3 heteroatoms. The fourth-order valence-corrected chi connectivity index (χ4v) is 7.46. The summed E-state index contributed by atoms with van der Waals surface area (Å²) in [5.41, 5.74) is 13.0. The second kappa shape index (κ2) is 12.9. The second-order valence-electron chi connectivity index (χ2n) is 13.4. The number of rotatable bonds is 6. The van der Waals surface area contributed by atoms with Gasteiger partial charge in [-0.25, -0.2) is 9.97 Å². The van der Waals surface area contributed by atoms with Crippen LogP contribution in [0.3, 0.4) is 0 Å². The van der Waals surface area contributed by atoms with Crippen LogP contribution in [0.4, 0.5) is 0 Å². The van der Waals surface area contributed by atoms with Gasteiger partial charge in [-0.2, -0.15) is 0 Å². The van der Waals surface area contributed by atoms with Gasteiger partial charge in [0.1, 0.15) is 11.2 Å². The van der Waals surface area contributed by atoms with Crippen molar-refractivity contribution in [3.63, 3.8) is 0 Å². The van der Waals surface area contributed by atoms with E-state index < -0.39 is 0 Å². The van der Waals surface area contributed by atoms with Crippen LogP contribution in [0.1, 0.15) is 0 Å². The Morgan fingerprint density at radius 3 is 1.75 bits per heavy atom. The van der Waals surface area contributed by atoms with Crippen molar-refractivity contribution >= 4 is 32.7 Å². The Labute approximate surface area is 307 Å². The van der Waals surface area contributed by atoms with Crippen LogP contribution in [0.15, 0.2) is 199 Å². The molecule has 0 aliphatic rings. The van der Waals surface area contributed by atoms with Crippen LogP contribution in [0, 0.1) is 0 Å². The Kier molecular flexibility index (Phi) is 7.47. The van der Waals surface area contributed by atoms with Gasteiger partial charge in [0.25, 0.3) is 0 Å². The van der Waals surface area contributed by atoms with Crippen LogP contribution < -0.4 is 0 Å². The monoisotopic (exact) mass is 676 g/mol. The van der Waals surface area contributed by atoms with E-state index in [9.17, 15) is 0 Å². The molecule has 8 aromatic carbocycles. The number of fused-ring (bicyclic) bond motifs is 4. The first-order valence-electron chi connectivity index (χ1n) is 17.9. The highest BCUT2D eigenvalue weighted by molar-refractivity contribution is 6.10. The summed E-state index contributed by atoms with van der Waals surface area (Å²) in [6.07, 6.45) is 0. The van der Waals surface area contributed by atoms with E-state index >= 15 is 0 Å². The summed E-state index contributed by atoms with van der Waals surface area (Å²) >= 11 is 0. The molecule has 0 bridgehead atoms. The molecular weight excluding hydrogens is 645 g/mol. The summed E-state index contributed by atoms with van der Waals surface area (Å²) < 4.78 is 6.57. The van der Waals surface area contributed by atoms with Crippen molar-refractivity contribution < 1.29 is 4.42 Å². The zero-order chi connectivity index (χ0) is 35.1. The molecule has 0 unspecified atom stereocenters. The van der Waals surface area contributed by atoms with E-state index in [4.69, 9.17) is 14.4 Å². The van der Waals surface area contributed by atoms with Gasteiger partial charge in [-0.3, -0.25) is 0 Å². The van der Waals surface area contributed by atoms with Crippen molar-refractivity contribution in [3.8, 4) is 67.3 Å². The van der Waals surface area contributed by atoms with E-state index in [0.29, 0.717) is 5.82 Å². The second-order valence-corrected chi connectivity index (χ2v) is 13.4. The third-order valence-corrected chi connectivity index (χ3v) is 10.1. The molecule has 10 aromatic rings. The highest BCUT2D eigenvalue weighted by Gasteiger charge is 2.18. The van der Waals surface area contributed by atoms with Crippen LogP contribution in [0.5, 0.6) is 0 Å². The zero-order valence-electron chi connectivity index (χ0n) is 28.8. The third-order valence-electron chi connectivity index (χ3n) is 10.1. The van der Waals surface area contributed by atoms with Crippen LogP contribution in [0.2, 0.25) is 0 Å². The fourth-order valence-electron chi connectivity index (χ4n) is 7.46. The van der Waals surface area contributed by atoms with E-state index in [2.05, 4.69) is 170 Å². The van der Waals surface area contributed by atoms with Gasteiger partial charge in [0, 0.05) is 33.0 Å². The summed E-state index contributed by atoms with van der Waals surface area (Å²) in [7, 11) is 0. The molecule has 53 heavy (non-hydrogen) atoms. The van der Waals surface area contributed by atoms with E-state index in [1.54, 1.807) is 0 Å². The molecule has 10 rings (SSSR count). The Bertz CT molecular complexity index is 2950. The molecule has 0 saturated carbocycles. The lowest BCUT2D eigenvalue weighted by atomic mass is 9.92. The molecule has 3 nitrogen and oxygen atoms in total. The lowest BCUT2D eigenvalue weighted by molar-refractivity contribution is 0.670. The van der Waals surface area contributed by atoms with Crippen LogP contribution in [-0.2, 0) is 0 Å². The standard InChI is InChI=1S/C50H32N2O/c1-3-15-34(16-4-1)41-20-9-10-22-45(41)50-51-46(35-17-5-2-6-18-35)32-47(52-50)40-30-38(37-27-26-33-14-7-8-19-36(33)28-37)29-39(31-40)42-23-13-24-44-43-21-11-12-25-48(43)53-49(42)44/h1-32H. The summed E-state index contributed by atoms with van der Waals surface area (Å²) in [5, 5.41) is 4.62. The summed E-state index contributed by atoms with van der Waals surface area (Å²) in [4.78, 5) is 10.6. The summed E-state index contributed by atoms with van der Waals surface area (Å²) in [6.45, 7) is 0. The van der Waals surface area contributed by atoms with Crippen LogP contribution in [0.25, 0.3) is 100.0 Å².